The second kappa shape index (κ2) is 13.8. The Bertz CT molecular complexity index is 1500. The zero-order valence-electron chi connectivity index (χ0n) is 23.7. The van der Waals surface area contributed by atoms with E-state index in [0.29, 0.717) is 18.1 Å². The lowest BCUT2D eigenvalue weighted by Crippen LogP contribution is -2.45. The lowest BCUT2D eigenvalue weighted by molar-refractivity contribution is 0.0698. The number of carboxylic acids is 1. The minimum Gasteiger partial charge on any atom is -0.492 e. The van der Waals surface area contributed by atoms with Crippen molar-refractivity contribution in [2.75, 3.05) is 51.7 Å². The summed E-state index contributed by atoms with van der Waals surface area (Å²) in [5.74, 6) is -0.658. The average molecular weight is 566 g/mol. The van der Waals surface area contributed by atoms with Gasteiger partial charge in [-0.25, -0.2) is 4.79 Å². The first-order valence-corrected chi connectivity index (χ1v) is 14.0. The van der Waals surface area contributed by atoms with Crippen LogP contribution in [0.25, 0.3) is 11.1 Å². The van der Waals surface area contributed by atoms with Crippen molar-refractivity contribution < 1.29 is 24.2 Å². The average Bonchev–Trinajstić information content (AvgIpc) is 3.02. The molecule has 2 N–H and O–H groups in total. The third kappa shape index (κ3) is 7.54. The van der Waals surface area contributed by atoms with Gasteiger partial charge in [-0.2, -0.15) is 0 Å². The van der Waals surface area contributed by atoms with E-state index in [0.717, 1.165) is 49.4 Å². The van der Waals surface area contributed by atoms with E-state index < -0.39 is 11.9 Å². The van der Waals surface area contributed by atoms with E-state index in [1.165, 1.54) is 6.07 Å². The van der Waals surface area contributed by atoms with Gasteiger partial charge in [-0.05, 0) is 48.0 Å². The minimum atomic E-state index is -1.13. The highest BCUT2D eigenvalue weighted by Gasteiger charge is 2.19. The van der Waals surface area contributed by atoms with Crippen molar-refractivity contribution in [3.63, 3.8) is 0 Å². The van der Waals surface area contributed by atoms with E-state index in [4.69, 9.17) is 9.47 Å². The molecule has 0 saturated carbocycles. The van der Waals surface area contributed by atoms with Crippen LogP contribution >= 0.6 is 0 Å². The molecule has 0 aromatic heterocycles. The number of hydrogen-bond donors (Lipinski definition) is 2. The molecule has 1 heterocycles. The van der Waals surface area contributed by atoms with Gasteiger partial charge < -0.3 is 24.8 Å². The van der Waals surface area contributed by atoms with Crippen LogP contribution < -0.4 is 14.8 Å². The van der Waals surface area contributed by atoms with Crippen LogP contribution in [0.1, 0.15) is 26.3 Å². The number of carboxylic acid groups (broad SMARTS) is 1. The fourth-order valence-corrected chi connectivity index (χ4v) is 4.83. The van der Waals surface area contributed by atoms with Crippen molar-refractivity contribution in [1.29, 1.82) is 0 Å². The molecule has 42 heavy (non-hydrogen) atoms. The van der Waals surface area contributed by atoms with Gasteiger partial charge in [-0.15, -0.1) is 0 Å². The predicted molar refractivity (Wildman–Crippen MR) is 163 cm³/mol. The van der Waals surface area contributed by atoms with Gasteiger partial charge in [0.1, 0.15) is 24.7 Å². The van der Waals surface area contributed by atoms with Gasteiger partial charge >= 0.3 is 5.97 Å². The van der Waals surface area contributed by atoms with Gasteiger partial charge in [0.25, 0.3) is 5.91 Å². The predicted octanol–water partition coefficient (Wildman–Crippen LogP) is 5.51. The standard InChI is InChI=1S/C34H35N3O5/c1-36-16-18-37(19-17-36)20-21-41-28-13-15-30(32(23-28)42-24-25-8-4-2-5-9-25)33(38)35-31-22-27(12-14-29(31)34(39)40)26-10-6-3-7-11-26/h2-15,22-23H,16-21,24H2,1H3,(H,35,38)(H,39,40). The van der Waals surface area contributed by atoms with E-state index in [1.807, 2.05) is 60.7 Å². The van der Waals surface area contributed by atoms with Crippen LogP contribution in [0.15, 0.2) is 97.1 Å². The van der Waals surface area contributed by atoms with Gasteiger partial charge in [0.05, 0.1) is 16.8 Å². The molecule has 0 radical (unpaired) electrons. The fourth-order valence-electron chi connectivity index (χ4n) is 4.83. The summed E-state index contributed by atoms with van der Waals surface area (Å²) in [6, 6.07) is 29.3. The molecule has 1 aliphatic rings. The minimum absolute atomic E-state index is 0.00125. The highest BCUT2D eigenvalue weighted by atomic mass is 16.5. The number of carbonyl (C=O) groups excluding carboxylic acids is 1. The molecule has 1 fully saturated rings. The summed E-state index contributed by atoms with van der Waals surface area (Å²) in [5, 5.41) is 12.6. The van der Waals surface area contributed by atoms with E-state index >= 15 is 0 Å². The molecule has 8 heteroatoms. The van der Waals surface area contributed by atoms with Crippen LogP contribution in [0.4, 0.5) is 5.69 Å². The lowest BCUT2D eigenvalue weighted by atomic mass is 10.0. The van der Waals surface area contributed by atoms with Gasteiger partial charge in [0.15, 0.2) is 0 Å². The van der Waals surface area contributed by atoms with E-state index in [2.05, 4.69) is 22.2 Å². The van der Waals surface area contributed by atoms with Crippen molar-refractivity contribution in [3.05, 3.63) is 114 Å². The summed E-state index contributed by atoms with van der Waals surface area (Å²) >= 11 is 0. The molecule has 5 rings (SSSR count). The number of amides is 1. The topological polar surface area (TPSA) is 91.3 Å². The number of rotatable bonds is 11. The summed E-state index contributed by atoms with van der Waals surface area (Å²) in [6.45, 7) is 5.68. The van der Waals surface area contributed by atoms with Crippen LogP contribution in [0.2, 0.25) is 0 Å². The molecule has 0 unspecified atom stereocenters. The summed E-state index contributed by atoms with van der Waals surface area (Å²) in [4.78, 5) is 30.3. The molecule has 1 saturated heterocycles. The van der Waals surface area contributed by atoms with Crippen LogP contribution in [-0.4, -0.2) is 73.2 Å². The Morgan fingerprint density at radius 1 is 0.786 bits per heavy atom. The first kappa shape index (κ1) is 28.9. The Labute approximate surface area is 246 Å². The smallest absolute Gasteiger partial charge is 0.337 e. The quantitative estimate of drug-likeness (QED) is 0.248. The summed E-state index contributed by atoms with van der Waals surface area (Å²) in [7, 11) is 2.13. The second-order valence-corrected chi connectivity index (χ2v) is 10.3. The number of hydrogen-bond acceptors (Lipinski definition) is 6. The number of piperazine rings is 1. The summed E-state index contributed by atoms with van der Waals surface area (Å²) in [6.07, 6.45) is 0. The van der Waals surface area contributed by atoms with E-state index in [9.17, 15) is 14.7 Å². The van der Waals surface area contributed by atoms with Crippen molar-refractivity contribution in [3.8, 4) is 22.6 Å². The third-order valence-corrected chi connectivity index (χ3v) is 7.31. The molecule has 0 aliphatic carbocycles. The van der Waals surface area contributed by atoms with E-state index in [-0.39, 0.29) is 23.4 Å². The monoisotopic (exact) mass is 565 g/mol. The molecule has 4 aromatic rings. The lowest BCUT2D eigenvalue weighted by Gasteiger charge is -2.32. The van der Waals surface area contributed by atoms with Crippen molar-refractivity contribution in [2.24, 2.45) is 0 Å². The number of aromatic carboxylic acids is 1. The van der Waals surface area contributed by atoms with Gasteiger partial charge in [-0.1, -0.05) is 66.7 Å². The molecule has 0 atom stereocenters. The largest absolute Gasteiger partial charge is 0.492 e. The zero-order valence-corrected chi connectivity index (χ0v) is 23.7. The number of likely N-dealkylation sites (N-methyl/N-ethyl adjacent to an activating group) is 1. The van der Waals surface area contributed by atoms with Crippen molar-refractivity contribution in [2.45, 2.75) is 6.61 Å². The van der Waals surface area contributed by atoms with Gasteiger partial charge in [0.2, 0.25) is 0 Å². The summed E-state index contributed by atoms with van der Waals surface area (Å²) < 4.78 is 12.2. The van der Waals surface area contributed by atoms with Crippen LogP contribution in [-0.2, 0) is 6.61 Å². The number of anilines is 1. The molecule has 216 valence electrons. The molecule has 1 amide bonds. The second-order valence-electron chi connectivity index (χ2n) is 10.3. The molecule has 1 aliphatic heterocycles. The maximum atomic E-state index is 13.6. The Morgan fingerprint density at radius 3 is 2.19 bits per heavy atom. The molecule has 0 bridgehead atoms. The Hall–Kier alpha value is -4.66. The van der Waals surface area contributed by atoms with Gasteiger partial charge in [-0.3, -0.25) is 9.69 Å². The fraction of sp³-hybridized carbons (Fsp3) is 0.235. The van der Waals surface area contributed by atoms with Crippen LogP contribution in [0.5, 0.6) is 11.5 Å². The van der Waals surface area contributed by atoms with Crippen LogP contribution in [0.3, 0.4) is 0 Å². The maximum Gasteiger partial charge on any atom is 0.337 e. The van der Waals surface area contributed by atoms with Gasteiger partial charge in [0, 0.05) is 38.8 Å². The Morgan fingerprint density at radius 2 is 1.48 bits per heavy atom. The van der Waals surface area contributed by atoms with E-state index in [1.54, 1.807) is 30.3 Å². The number of nitrogens with zero attached hydrogens (tertiary/aromatic N) is 2. The SMILES string of the molecule is CN1CCN(CCOc2ccc(C(=O)Nc3cc(-c4ccccc4)ccc3C(=O)O)c(OCc3ccccc3)c2)CC1. The maximum absolute atomic E-state index is 13.6. The number of carbonyl (C=O) groups is 2. The van der Waals surface area contributed by atoms with Crippen molar-refractivity contribution in [1.82, 2.24) is 9.80 Å². The Balaban J connectivity index is 1.36. The summed E-state index contributed by atoms with van der Waals surface area (Å²) in [5.41, 5.74) is 3.14. The zero-order chi connectivity index (χ0) is 29.3. The first-order chi connectivity index (χ1) is 20.5. The first-order valence-electron chi connectivity index (χ1n) is 14.0. The molecular weight excluding hydrogens is 530 g/mol. The number of ether oxygens (including phenoxy) is 2. The highest BCUT2D eigenvalue weighted by Crippen LogP contribution is 2.30. The Kier molecular flexibility index (Phi) is 9.48. The van der Waals surface area contributed by atoms with Crippen molar-refractivity contribution >= 4 is 17.6 Å². The normalized spacial score (nSPS) is 13.8. The number of benzene rings is 4. The molecule has 4 aromatic carbocycles. The highest BCUT2D eigenvalue weighted by molar-refractivity contribution is 6.09. The number of nitrogens with one attached hydrogen (secondary N) is 1. The molecule has 8 nitrogen and oxygen atoms in total. The third-order valence-electron chi connectivity index (χ3n) is 7.31. The molecular formula is C34H35N3O5. The molecule has 0 spiro atoms. The van der Waals surface area contributed by atoms with Crippen LogP contribution in [0, 0.1) is 0 Å².